The lowest BCUT2D eigenvalue weighted by Gasteiger charge is -2.36. The summed E-state index contributed by atoms with van der Waals surface area (Å²) < 4.78 is 6.87. The Kier molecular flexibility index (Phi) is 8.55. The number of nitrogens with zero attached hydrogens (tertiary/aromatic N) is 5. The Labute approximate surface area is 253 Å². The van der Waals surface area contributed by atoms with Crippen molar-refractivity contribution >= 4 is 39.9 Å². The third-order valence-corrected chi connectivity index (χ3v) is 8.50. The summed E-state index contributed by atoms with van der Waals surface area (Å²) in [6.45, 7) is 0.149. The first kappa shape index (κ1) is 28.3. The Hall–Kier alpha value is -4.83. The van der Waals surface area contributed by atoms with E-state index in [1.54, 1.807) is 41.0 Å². The first-order valence-corrected chi connectivity index (χ1v) is 15.1. The van der Waals surface area contributed by atoms with Crippen LogP contribution in [0.4, 0.5) is 5.69 Å². The Morgan fingerprint density at radius 2 is 1.84 bits per heavy atom. The fourth-order valence-corrected chi connectivity index (χ4v) is 6.27. The topological polar surface area (TPSA) is 102 Å². The van der Waals surface area contributed by atoms with Gasteiger partial charge in [0.1, 0.15) is 28.9 Å². The molecule has 0 saturated carbocycles. The van der Waals surface area contributed by atoms with Crippen LogP contribution in [0.15, 0.2) is 96.4 Å². The Morgan fingerprint density at radius 1 is 1.05 bits per heavy atom. The van der Waals surface area contributed by atoms with Gasteiger partial charge in [0, 0.05) is 16.6 Å². The molecule has 2 atom stereocenters. The molecule has 0 spiro atoms. The van der Waals surface area contributed by atoms with E-state index in [-0.39, 0.29) is 30.8 Å². The molecule has 2 amide bonds. The summed E-state index contributed by atoms with van der Waals surface area (Å²) in [6, 6.07) is 23.9. The highest BCUT2D eigenvalue weighted by atomic mass is 32.1. The molecule has 0 aliphatic heterocycles. The van der Waals surface area contributed by atoms with Gasteiger partial charge in [-0.1, -0.05) is 59.8 Å². The molecule has 1 aliphatic rings. The molecule has 0 bridgehead atoms. The number of fused-ring (bicyclic) bond motifs is 1. The van der Waals surface area contributed by atoms with Crippen LogP contribution in [0.2, 0.25) is 0 Å². The molecule has 1 aliphatic carbocycles. The number of hydrogen-bond donors (Lipinski definition) is 1. The van der Waals surface area contributed by atoms with Crippen LogP contribution >= 0.6 is 11.3 Å². The number of aromatic nitrogens is 4. The van der Waals surface area contributed by atoms with Crippen molar-refractivity contribution in [3.05, 3.63) is 101 Å². The van der Waals surface area contributed by atoms with E-state index < -0.39 is 6.04 Å². The van der Waals surface area contributed by atoms with Crippen molar-refractivity contribution in [2.24, 2.45) is 5.92 Å². The van der Waals surface area contributed by atoms with Crippen molar-refractivity contribution in [2.75, 3.05) is 12.4 Å². The average Bonchev–Trinajstić information content (AvgIpc) is 3.69. The second-order valence-electron chi connectivity index (χ2n) is 10.5. The predicted molar refractivity (Wildman–Crippen MR) is 168 cm³/mol. The van der Waals surface area contributed by atoms with Crippen LogP contribution in [0, 0.1) is 5.92 Å². The van der Waals surface area contributed by atoms with Gasteiger partial charge in [-0.2, -0.15) is 0 Å². The minimum absolute atomic E-state index is 0.0493. The van der Waals surface area contributed by atoms with E-state index in [0.717, 1.165) is 34.6 Å². The first-order valence-electron chi connectivity index (χ1n) is 14.3. The van der Waals surface area contributed by atoms with Gasteiger partial charge in [-0.3, -0.25) is 9.59 Å². The van der Waals surface area contributed by atoms with Gasteiger partial charge in [0.15, 0.2) is 0 Å². The molecule has 10 heteroatoms. The smallest absolute Gasteiger partial charge is 0.247 e. The summed E-state index contributed by atoms with van der Waals surface area (Å²) in [6.07, 6.45) is 6.58. The Balaban J connectivity index is 1.35. The molecule has 0 unspecified atom stereocenters. The van der Waals surface area contributed by atoms with E-state index in [1.807, 2.05) is 60.0 Å². The van der Waals surface area contributed by atoms with E-state index in [1.165, 1.54) is 11.3 Å². The molecule has 0 fully saturated rings. The maximum atomic E-state index is 14.3. The van der Waals surface area contributed by atoms with E-state index in [9.17, 15) is 9.59 Å². The number of rotatable bonds is 10. The number of benzene rings is 3. The zero-order valence-electron chi connectivity index (χ0n) is 23.8. The lowest BCUT2D eigenvalue weighted by atomic mass is 9.86. The van der Waals surface area contributed by atoms with Crippen LogP contribution in [0.5, 0.6) is 5.75 Å². The van der Waals surface area contributed by atoms with Crippen molar-refractivity contribution in [1.82, 2.24) is 24.9 Å². The third kappa shape index (κ3) is 6.49. The molecular formula is C33H32N6O3S. The van der Waals surface area contributed by atoms with Crippen LogP contribution in [0.3, 0.4) is 0 Å². The van der Waals surface area contributed by atoms with Gasteiger partial charge >= 0.3 is 0 Å². The molecule has 0 radical (unpaired) electrons. The van der Waals surface area contributed by atoms with Crippen molar-refractivity contribution in [1.29, 1.82) is 0 Å². The fraction of sp³-hybridized carbons (Fsp3) is 0.242. The number of para-hydroxylation sites is 1. The van der Waals surface area contributed by atoms with Crippen LogP contribution < -0.4 is 10.1 Å². The number of nitrogens with one attached hydrogen (secondary N) is 1. The molecule has 2 aromatic heterocycles. The number of ether oxygens (including phenoxy) is 1. The van der Waals surface area contributed by atoms with Crippen LogP contribution in [-0.2, 0) is 22.7 Å². The summed E-state index contributed by atoms with van der Waals surface area (Å²) in [5.41, 5.74) is 3.95. The van der Waals surface area contributed by atoms with Crippen molar-refractivity contribution in [2.45, 2.75) is 38.4 Å². The zero-order chi connectivity index (χ0) is 29.6. The average molecular weight is 593 g/mol. The SMILES string of the molecule is COc1ccc(NC(=O)[C@H]([C@H]2CC=CCC2)N(Cc2nc(-c3ccccc3)cs2)C(=O)Cn2nnc3ccccc32)cc1. The zero-order valence-corrected chi connectivity index (χ0v) is 24.6. The number of anilines is 1. The highest BCUT2D eigenvalue weighted by molar-refractivity contribution is 7.09. The summed E-state index contributed by atoms with van der Waals surface area (Å²) in [7, 11) is 1.60. The first-order chi connectivity index (χ1) is 21.1. The fourth-order valence-electron chi connectivity index (χ4n) is 5.47. The highest BCUT2D eigenvalue weighted by Gasteiger charge is 2.37. The summed E-state index contributed by atoms with van der Waals surface area (Å²) in [5.74, 6) is 0.175. The van der Waals surface area contributed by atoms with E-state index in [4.69, 9.17) is 9.72 Å². The lowest BCUT2D eigenvalue weighted by Crippen LogP contribution is -2.52. The maximum absolute atomic E-state index is 14.3. The molecule has 0 saturated heterocycles. The maximum Gasteiger partial charge on any atom is 0.247 e. The molecule has 218 valence electrons. The van der Waals surface area contributed by atoms with Crippen LogP contribution in [-0.4, -0.2) is 49.8 Å². The molecule has 2 heterocycles. The molecule has 9 nitrogen and oxygen atoms in total. The minimum Gasteiger partial charge on any atom is -0.497 e. The monoisotopic (exact) mass is 592 g/mol. The van der Waals surface area contributed by atoms with Gasteiger partial charge < -0.3 is 15.0 Å². The Bertz CT molecular complexity index is 1730. The van der Waals surface area contributed by atoms with Gasteiger partial charge in [0.2, 0.25) is 11.8 Å². The van der Waals surface area contributed by atoms with Gasteiger partial charge in [-0.05, 0) is 61.6 Å². The minimum atomic E-state index is -0.724. The van der Waals surface area contributed by atoms with Gasteiger partial charge in [0.25, 0.3) is 0 Å². The number of methoxy groups -OCH3 is 1. The van der Waals surface area contributed by atoms with Crippen LogP contribution in [0.25, 0.3) is 22.3 Å². The van der Waals surface area contributed by atoms with E-state index in [2.05, 4.69) is 27.8 Å². The summed E-state index contributed by atoms with van der Waals surface area (Å²) in [5, 5.41) is 14.3. The second-order valence-corrected chi connectivity index (χ2v) is 11.4. The number of allylic oxidation sites excluding steroid dienone is 2. The largest absolute Gasteiger partial charge is 0.497 e. The number of carbonyl (C=O) groups excluding carboxylic acids is 2. The molecule has 5 aromatic rings. The Morgan fingerprint density at radius 3 is 2.60 bits per heavy atom. The predicted octanol–water partition coefficient (Wildman–Crippen LogP) is 5.96. The van der Waals surface area contributed by atoms with Crippen molar-refractivity contribution < 1.29 is 14.3 Å². The van der Waals surface area contributed by atoms with Gasteiger partial charge in [-0.25, -0.2) is 9.67 Å². The number of amides is 2. The standard InChI is InChI=1S/C33H32N6O3S/c1-42-26-18-16-25(17-19-26)34-33(41)32(24-12-6-3-7-13-24)38(20-30-35-28(22-43-30)23-10-4-2-5-11-23)31(40)21-39-29-15-9-8-14-27(29)36-37-39/h2-6,8-11,14-19,22,24,32H,7,12-13,20-21H2,1H3,(H,34,41)/t24-,32-/m0/s1. The van der Waals surface area contributed by atoms with Crippen LogP contribution in [0.1, 0.15) is 24.3 Å². The van der Waals surface area contributed by atoms with Gasteiger partial charge in [-0.15, -0.1) is 16.4 Å². The normalized spacial score (nSPS) is 15.2. The lowest BCUT2D eigenvalue weighted by molar-refractivity contribution is -0.142. The molecule has 1 N–H and O–H groups in total. The summed E-state index contributed by atoms with van der Waals surface area (Å²) >= 11 is 1.49. The van der Waals surface area contributed by atoms with Crippen molar-refractivity contribution in [3.63, 3.8) is 0 Å². The van der Waals surface area contributed by atoms with Crippen molar-refractivity contribution in [3.8, 4) is 17.0 Å². The molecule has 43 heavy (non-hydrogen) atoms. The molecular weight excluding hydrogens is 560 g/mol. The molecule has 3 aromatic carbocycles. The van der Waals surface area contributed by atoms with Gasteiger partial charge in [0.05, 0.1) is 24.9 Å². The quantitative estimate of drug-likeness (QED) is 0.201. The van der Waals surface area contributed by atoms with E-state index >= 15 is 0 Å². The second kappa shape index (κ2) is 13.0. The number of carbonyl (C=O) groups is 2. The summed E-state index contributed by atoms with van der Waals surface area (Å²) in [4.78, 5) is 34.9. The number of thiazole rings is 1. The van der Waals surface area contributed by atoms with E-state index in [0.29, 0.717) is 23.4 Å². The molecule has 6 rings (SSSR count). The third-order valence-electron chi connectivity index (χ3n) is 7.67. The number of hydrogen-bond acceptors (Lipinski definition) is 7. The highest BCUT2D eigenvalue weighted by Crippen LogP contribution is 2.30.